The molecule has 5 nitrogen and oxygen atoms in total. The maximum atomic E-state index is 11.5. The van der Waals surface area contributed by atoms with Crippen molar-refractivity contribution in [3.05, 3.63) is 29.3 Å². The summed E-state index contributed by atoms with van der Waals surface area (Å²) in [4.78, 5) is 23.9. The van der Waals surface area contributed by atoms with Gasteiger partial charge in [-0.3, -0.25) is 9.59 Å². The molecule has 2 N–H and O–H groups in total. The minimum absolute atomic E-state index is 0.00646. The van der Waals surface area contributed by atoms with E-state index in [1.165, 1.54) is 0 Å². The van der Waals surface area contributed by atoms with Gasteiger partial charge in [0, 0.05) is 12.7 Å². The van der Waals surface area contributed by atoms with Crippen molar-refractivity contribution in [1.82, 2.24) is 0 Å². The summed E-state index contributed by atoms with van der Waals surface area (Å²) in [5.74, 6) is -2.00. The van der Waals surface area contributed by atoms with E-state index in [4.69, 9.17) is 10.2 Å². The molecular weight excluding hydrogens is 222 g/mol. The highest BCUT2D eigenvalue weighted by Crippen LogP contribution is 2.30. The molecule has 1 heterocycles. The molecule has 0 saturated heterocycles. The van der Waals surface area contributed by atoms with Gasteiger partial charge in [0.05, 0.1) is 13.0 Å². The van der Waals surface area contributed by atoms with E-state index in [0.717, 1.165) is 11.3 Å². The van der Waals surface area contributed by atoms with Crippen LogP contribution in [0.4, 0.5) is 5.69 Å². The second-order valence-corrected chi connectivity index (χ2v) is 4.09. The first kappa shape index (κ1) is 11.6. The van der Waals surface area contributed by atoms with Gasteiger partial charge in [-0.1, -0.05) is 12.1 Å². The Morgan fingerprint density at radius 2 is 2.24 bits per heavy atom. The number of aliphatic hydroxyl groups excluding tert-OH is 1. The van der Waals surface area contributed by atoms with Gasteiger partial charge in [0.25, 0.3) is 0 Å². The number of aliphatic carboxylic acids is 1. The van der Waals surface area contributed by atoms with Gasteiger partial charge in [-0.15, -0.1) is 0 Å². The van der Waals surface area contributed by atoms with Gasteiger partial charge < -0.3 is 15.1 Å². The number of fused-ring (bicyclic) bond motifs is 1. The molecule has 1 aromatic rings. The lowest BCUT2D eigenvalue weighted by Gasteiger charge is -2.13. The second kappa shape index (κ2) is 4.18. The first-order valence-electron chi connectivity index (χ1n) is 5.27. The molecule has 5 heteroatoms. The SMILES string of the molecule is CN1C(=O)Cc2cc(C(CO)C(=O)O)ccc21. The maximum absolute atomic E-state index is 11.5. The molecule has 1 aliphatic rings. The van der Waals surface area contributed by atoms with Crippen LogP contribution in [0.3, 0.4) is 0 Å². The number of carboxylic acids is 1. The standard InChI is InChI=1S/C12H13NO4/c1-13-10-3-2-7(9(6-14)12(16)17)4-8(10)5-11(13)15/h2-4,9,14H,5-6H2,1H3,(H,16,17). The first-order valence-corrected chi connectivity index (χ1v) is 5.27. The summed E-state index contributed by atoms with van der Waals surface area (Å²) in [6.07, 6.45) is 0.289. The Hall–Kier alpha value is -1.88. The molecule has 0 bridgehead atoms. The van der Waals surface area contributed by atoms with Crippen molar-refractivity contribution in [2.45, 2.75) is 12.3 Å². The molecule has 17 heavy (non-hydrogen) atoms. The van der Waals surface area contributed by atoms with Crippen molar-refractivity contribution in [2.24, 2.45) is 0 Å². The Morgan fingerprint density at radius 3 is 2.82 bits per heavy atom. The summed E-state index contributed by atoms with van der Waals surface area (Å²) in [5.41, 5.74) is 2.15. The van der Waals surface area contributed by atoms with Crippen LogP contribution >= 0.6 is 0 Å². The van der Waals surface area contributed by atoms with Crippen molar-refractivity contribution in [1.29, 1.82) is 0 Å². The zero-order valence-electron chi connectivity index (χ0n) is 9.38. The van der Waals surface area contributed by atoms with Gasteiger partial charge in [-0.25, -0.2) is 0 Å². The molecule has 90 valence electrons. The van der Waals surface area contributed by atoms with Crippen molar-refractivity contribution in [2.75, 3.05) is 18.6 Å². The van der Waals surface area contributed by atoms with Gasteiger partial charge >= 0.3 is 5.97 Å². The van der Waals surface area contributed by atoms with Crippen molar-refractivity contribution in [3.63, 3.8) is 0 Å². The molecule has 1 aliphatic heterocycles. The highest BCUT2D eigenvalue weighted by atomic mass is 16.4. The van der Waals surface area contributed by atoms with E-state index in [1.807, 2.05) is 0 Å². The molecule has 0 aliphatic carbocycles. The van der Waals surface area contributed by atoms with Crippen LogP contribution in [0.2, 0.25) is 0 Å². The average molecular weight is 235 g/mol. The molecule has 1 atom stereocenters. The topological polar surface area (TPSA) is 77.8 Å². The minimum Gasteiger partial charge on any atom is -0.481 e. The Balaban J connectivity index is 2.39. The number of hydrogen-bond acceptors (Lipinski definition) is 3. The van der Waals surface area contributed by atoms with Gasteiger partial charge in [0.15, 0.2) is 0 Å². The predicted octanol–water partition coefficient (Wildman–Crippen LogP) is 0.366. The molecule has 0 radical (unpaired) electrons. The summed E-state index contributed by atoms with van der Waals surface area (Å²) >= 11 is 0. The summed E-state index contributed by atoms with van der Waals surface area (Å²) in [7, 11) is 1.69. The van der Waals surface area contributed by atoms with E-state index >= 15 is 0 Å². The number of hydrogen-bond donors (Lipinski definition) is 2. The van der Waals surface area contributed by atoms with Crippen molar-refractivity contribution < 1.29 is 19.8 Å². The van der Waals surface area contributed by atoms with Gasteiger partial charge in [0.2, 0.25) is 5.91 Å². The number of carbonyl (C=O) groups is 2. The van der Waals surface area contributed by atoms with E-state index < -0.39 is 18.5 Å². The fraction of sp³-hybridized carbons (Fsp3) is 0.333. The van der Waals surface area contributed by atoms with Crippen LogP contribution in [0.1, 0.15) is 17.0 Å². The highest BCUT2D eigenvalue weighted by molar-refractivity contribution is 6.01. The minimum atomic E-state index is -1.06. The number of carbonyl (C=O) groups excluding carboxylic acids is 1. The Morgan fingerprint density at radius 1 is 1.53 bits per heavy atom. The van der Waals surface area contributed by atoms with Gasteiger partial charge in [-0.05, 0) is 17.2 Å². The summed E-state index contributed by atoms with van der Waals surface area (Å²) in [5, 5.41) is 18.0. The molecule has 0 saturated carbocycles. The number of anilines is 1. The van der Waals surface area contributed by atoms with E-state index in [-0.39, 0.29) is 12.3 Å². The molecule has 2 rings (SSSR count). The average Bonchev–Trinajstić information content (AvgIpc) is 2.55. The fourth-order valence-corrected chi connectivity index (χ4v) is 2.03. The molecule has 0 aromatic heterocycles. The van der Waals surface area contributed by atoms with Crippen LogP contribution in [0.15, 0.2) is 18.2 Å². The zero-order valence-corrected chi connectivity index (χ0v) is 9.38. The smallest absolute Gasteiger partial charge is 0.313 e. The quantitative estimate of drug-likeness (QED) is 0.793. The van der Waals surface area contributed by atoms with Crippen molar-refractivity contribution >= 4 is 17.6 Å². The largest absolute Gasteiger partial charge is 0.481 e. The lowest BCUT2D eigenvalue weighted by Crippen LogP contribution is -2.20. The second-order valence-electron chi connectivity index (χ2n) is 4.09. The van der Waals surface area contributed by atoms with E-state index in [0.29, 0.717) is 5.56 Å². The van der Waals surface area contributed by atoms with Crippen LogP contribution in [-0.2, 0) is 16.0 Å². The fourth-order valence-electron chi connectivity index (χ4n) is 2.03. The molecule has 0 fully saturated rings. The number of rotatable bonds is 3. The number of amides is 1. The lowest BCUT2D eigenvalue weighted by molar-refractivity contribution is -0.139. The number of benzene rings is 1. The van der Waals surface area contributed by atoms with E-state index in [9.17, 15) is 9.59 Å². The lowest BCUT2D eigenvalue weighted by atomic mass is 9.97. The van der Waals surface area contributed by atoms with Crippen LogP contribution < -0.4 is 4.90 Å². The summed E-state index contributed by atoms with van der Waals surface area (Å²) in [6, 6.07) is 5.05. The Bertz CT molecular complexity index is 483. The van der Waals surface area contributed by atoms with Crippen molar-refractivity contribution in [3.8, 4) is 0 Å². The monoisotopic (exact) mass is 235 g/mol. The third kappa shape index (κ3) is 1.89. The summed E-state index contributed by atoms with van der Waals surface area (Å²) < 4.78 is 0. The Labute approximate surface area is 98.3 Å². The normalized spacial score (nSPS) is 15.9. The van der Waals surface area contributed by atoms with E-state index in [1.54, 1.807) is 30.1 Å². The molecule has 1 amide bonds. The summed E-state index contributed by atoms with van der Waals surface area (Å²) in [6.45, 7) is -0.447. The van der Waals surface area contributed by atoms with Crippen LogP contribution in [0.25, 0.3) is 0 Å². The molecule has 1 unspecified atom stereocenters. The number of likely N-dealkylation sites (N-methyl/N-ethyl adjacent to an activating group) is 1. The number of nitrogens with zero attached hydrogens (tertiary/aromatic N) is 1. The van der Waals surface area contributed by atoms with Gasteiger partial charge in [0.1, 0.15) is 5.92 Å². The van der Waals surface area contributed by atoms with Gasteiger partial charge in [-0.2, -0.15) is 0 Å². The van der Waals surface area contributed by atoms with Crippen LogP contribution in [0.5, 0.6) is 0 Å². The van der Waals surface area contributed by atoms with Crippen LogP contribution in [0, 0.1) is 0 Å². The van der Waals surface area contributed by atoms with E-state index in [2.05, 4.69) is 0 Å². The third-order valence-corrected chi connectivity index (χ3v) is 3.06. The predicted molar refractivity (Wildman–Crippen MR) is 61.0 cm³/mol. The maximum Gasteiger partial charge on any atom is 0.313 e. The first-order chi connectivity index (χ1) is 8.04. The highest BCUT2D eigenvalue weighted by Gasteiger charge is 2.26. The van der Waals surface area contributed by atoms with Crippen LogP contribution in [-0.4, -0.2) is 35.7 Å². The molecule has 0 spiro atoms. The Kier molecular flexibility index (Phi) is 2.85. The molecule has 1 aromatic carbocycles. The molecular formula is C12H13NO4. The zero-order chi connectivity index (χ0) is 12.6. The third-order valence-electron chi connectivity index (χ3n) is 3.06. The number of aliphatic hydroxyl groups is 1. The number of carboxylic acid groups (broad SMARTS) is 1.